The number of carboxylic acids is 1. The fourth-order valence-electron chi connectivity index (χ4n) is 1.91. The summed E-state index contributed by atoms with van der Waals surface area (Å²) in [4.78, 5) is 10.7. The molecule has 17 heavy (non-hydrogen) atoms. The monoisotopic (exact) mass is 236 g/mol. The molecule has 0 aromatic heterocycles. The van der Waals surface area contributed by atoms with Crippen LogP contribution < -0.4 is 4.74 Å². The van der Waals surface area contributed by atoms with Gasteiger partial charge in [-0.3, -0.25) is 4.79 Å². The molecular formula is C13H16O4. The van der Waals surface area contributed by atoms with Gasteiger partial charge in [0.05, 0.1) is 12.5 Å². The van der Waals surface area contributed by atoms with Crippen LogP contribution in [0, 0.1) is 0 Å². The maximum absolute atomic E-state index is 10.7. The van der Waals surface area contributed by atoms with E-state index in [1.54, 1.807) is 12.1 Å². The second kappa shape index (κ2) is 5.68. The molecule has 0 spiro atoms. The second-order valence-corrected chi connectivity index (χ2v) is 4.12. The van der Waals surface area contributed by atoms with E-state index in [0.717, 1.165) is 19.4 Å². The molecule has 0 bridgehead atoms. The van der Waals surface area contributed by atoms with Crippen molar-refractivity contribution >= 4 is 5.97 Å². The summed E-state index contributed by atoms with van der Waals surface area (Å²) in [7, 11) is 0. The Morgan fingerprint density at radius 1 is 1.47 bits per heavy atom. The van der Waals surface area contributed by atoms with Gasteiger partial charge in [-0.25, -0.2) is 0 Å². The molecule has 1 N–H and O–H groups in total. The number of ether oxygens (including phenoxy) is 2. The lowest BCUT2D eigenvalue weighted by Gasteiger charge is -2.13. The minimum atomic E-state index is -0.849. The zero-order valence-corrected chi connectivity index (χ0v) is 9.59. The van der Waals surface area contributed by atoms with E-state index in [2.05, 4.69) is 0 Å². The number of hydrogen-bond acceptors (Lipinski definition) is 3. The third kappa shape index (κ3) is 3.46. The first-order chi connectivity index (χ1) is 8.25. The van der Waals surface area contributed by atoms with Crippen molar-refractivity contribution in [3.8, 4) is 5.75 Å². The van der Waals surface area contributed by atoms with E-state index in [9.17, 15) is 4.79 Å². The quantitative estimate of drug-likeness (QED) is 0.848. The van der Waals surface area contributed by atoms with Gasteiger partial charge in [0.25, 0.3) is 0 Å². The molecule has 92 valence electrons. The summed E-state index contributed by atoms with van der Waals surface area (Å²) in [6.07, 6.45) is 2.22. The van der Waals surface area contributed by atoms with E-state index in [1.165, 1.54) is 0 Å². The van der Waals surface area contributed by atoms with Gasteiger partial charge in [0.15, 0.2) is 0 Å². The Hall–Kier alpha value is -1.55. The first-order valence-corrected chi connectivity index (χ1v) is 5.80. The van der Waals surface area contributed by atoms with Crippen molar-refractivity contribution in [1.29, 1.82) is 0 Å². The van der Waals surface area contributed by atoms with Gasteiger partial charge in [0, 0.05) is 12.2 Å². The fraction of sp³-hybridized carbons (Fsp3) is 0.462. The van der Waals surface area contributed by atoms with Gasteiger partial charge in [-0.15, -0.1) is 0 Å². The first-order valence-electron chi connectivity index (χ1n) is 5.80. The molecule has 0 aliphatic carbocycles. The number of aliphatic carboxylic acids is 1. The molecule has 1 aliphatic rings. The minimum absolute atomic E-state index is 0.0122. The number of benzene rings is 1. The largest absolute Gasteiger partial charge is 0.491 e. The molecule has 0 amide bonds. The molecule has 1 atom stereocenters. The van der Waals surface area contributed by atoms with Crippen molar-refractivity contribution in [3.63, 3.8) is 0 Å². The number of carbonyl (C=O) groups is 1. The molecule has 4 nitrogen and oxygen atoms in total. The van der Waals surface area contributed by atoms with Crippen LogP contribution in [0.1, 0.15) is 18.4 Å². The molecule has 1 heterocycles. The zero-order chi connectivity index (χ0) is 12.1. The number of para-hydroxylation sites is 1. The van der Waals surface area contributed by atoms with E-state index in [4.69, 9.17) is 14.6 Å². The fourth-order valence-corrected chi connectivity index (χ4v) is 1.91. The Morgan fingerprint density at radius 3 is 3.00 bits per heavy atom. The Balaban J connectivity index is 1.96. The van der Waals surface area contributed by atoms with E-state index >= 15 is 0 Å². The molecule has 1 aromatic rings. The molecule has 4 heteroatoms. The van der Waals surface area contributed by atoms with Crippen LogP contribution in [0.15, 0.2) is 24.3 Å². The van der Waals surface area contributed by atoms with Gasteiger partial charge in [0.2, 0.25) is 0 Å². The molecule has 1 aliphatic heterocycles. The van der Waals surface area contributed by atoms with Gasteiger partial charge in [-0.1, -0.05) is 18.2 Å². The van der Waals surface area contributed by atoms with Gasteiger partial charge in [-0.2, -0.15) is 0 Å². The lowest BCUT2D eigenvalue weighted by molar-refractivity contribution is -0.136. The van der Waals surface area contributed by atoms with Crippen LogP contribution in [-0.4, -0.2) is 30.4 Å². The van der Waals surface area contributed by atoms with Gasteiger partial charge in [-0.05, 0) is 18.9 Å². The molecule has 0 radical (unpaired) electrons. The smallest absolute Gasteiger partial charge is 0.307 e. The maximum Gasteiger partial charge on any atom is 0.307 e. The summed E-state index contributed by atoms with van der Waals surface area (Å²) in [6.45, 7) is 1.29. The van der Waals surface area contributed by atoms with Crippen LogP contribution in [0.3, 0.4) is 0 Å². The molecular weight excluding hydrogens is 220 g/mol. The van der Waals surface area contributed by atoms with Crippen LogP contribution in [-0.2, 0) is 16.0 Å². The summed E-state index contributed by atoms with van der Waals surface area (Å²) in [6, 6.07) is 7.24. The number of hydrogen-bond donors (Lipinski definition) is 1. The molecule has 0 saturated carbocycles. The van der Waals surface area contributed by atoms with Crippen LogP contribution in [0.4, 0.5) is 0 Å². The Kier molecular flexibility index (Phi) is 3.98. The molecule has 1 unspecified atom stereocenters. The van der Waals surface area contributed by atoms with E-state index in [-0.39, 0.29) is 12.5 Å². The molecule has 2 rings (SSSR count). The van der Waals surface area contributed by atoms with Gasteiger partial charge < -0.3 is 14.6 Å². The summed E-state index contributed by atoms with van der Waals surface area (Å²) >= 11 is 0. The maximum atomic E-state index is 10.7. The van der Waals surface area contributed by atoms with Crippen LogP contribution in [0.2, 0.25) is 0 Å². The Bertz CT molecular complexity index is 383. The van der Waals surface area contributed by atoms with E-state index in [0.29, 0.717) is 17.9 Å². The topological polar surface area (TPSA) is 55.8 Å². The van der Waals surface area contributed by atoms with E-state index in [1.807, 2.05) is 12.1 Å². The normalized spacial score (nSPS) is 19.2. The highest BCUT2D eigenvalue weighted by molar-refractivity contribution is 5.71. The highest BCUT2D eigenvalue weighted by Gasteiger charge is 2.17. The lowest BCUT2D eigenvalue weighted by Crippen LogP contribution is -2.17. The molecule has 1 saturated heterocycles. The highest BCUT2D eigenvalue weighted by Crippen LogP contribution is 2.20. The molecule has 1 fully saturated rings. The first kappa shape index (κ1) is 11.9. The van der Waals surface area contributed by atoms with Crippen LogP contribution in [0.5, 0.6) is 5.75 Å². The second-order valence-electron chi connectivity index (χ2n) is 4.12. The van der Waals surface area contributed by atoms with Crippen molar-refractivity contribution in [2.45, 2.75) is 25.4 Å². The lowest BCUT2D eigenvalue weighted by atomic mass is 10.1. The molecule has 1 aromatic carbocycles. The minimum Gasteiger partial charge on any atom is -0.491 e. The van der Waals surface area contributed by atoms with Crippen molar-refractivity contribution in [2.24, 2.45) is 0 Å². The van der Waals surface area contributed by atoms with Crippen molar-refractivity contribution in [2.75, 3.05) is 13.2 Å². The predicted octanol–water partition coefficient (Wildman–Crippen LogP) is 1.87. The SMILES string of the molecule is O=C(O)Cc1ccccc1OCC1CCCO1. The van der Waals surface area contributed by atoms with Crippen LogP contribution in [0.25, 0.3) is 0 Å². The average Bonchev–Trinajstić information content (AvgIpc) is 2.80. The summed E-state index contributed by atoms with van der Waals surface area (Å²) in [5, 5.41) is 8.79. The van der Waals surface area contributed by atoms with Crippen LogP contribution >= 0.6 is 0 Å². The van der Waals surface area contributed by atoms with Gasteiger partial charge >= 0.3 is 5.97 Å². The average molecular weight is 236 g/mol. The summed E-state index contributed by atoms with van der Waals surface area (Å²) < 4.78 is 11.1. The van der Waals surface area contributed by atoms with Gasteiger partial charge in [0.1, 0.15) is 12.4 Å². The van der Waals surface area contributed by atoms with Crippen molar-refractivity contribution < 1.29 is 19.4 Å². The number of carboxylic acid groups (broad SMARTS) is 1. The van der Waals surface area contributed by atoms with Crippen molar-refractivity contribution in [1.82, 2.24) is 0 Å². The number of rotatable bonds is 5. The Morgan fingerprint density at radius 2 is 2.29 bits per heavy atom. The standard InChI is InChI=1S/C13H16O4/c14-13(15)8-10-4-1-2-6-12(10)17-9-11-5-3-7-16-11/h1-2,4,6,11H,3,5,7-9H2,(H,14,15). The highest BCUT2D eigenvalue weighted by atomic mass is 16.5. The van der Waals surface area contributed by atoms with Crippen molar-refractivity contribution in [3.05, 3.63) is 29.8 Å². The predicted molar refractivity (Wildman–Crippen MR) is 62.3 cm³/mol. The third-order valence-corrected chi connectivity index (χ3v) is 2.76. The summed E-state index contributed by atoms with van der Waals surface area (Å²) in [5.74, 6) is -0.205. The summed E-state index contributed by atoms with van der Waals surface area (Å²) in [5.41, 5.74) is 0.706. The third-order valence-electron chi connectivity index (χ3n) is 2.76. The van der Waals surface area contributed by atoms with E-state index < -0.39 is 5.97 Å². The zero-order valence-electron chi connectivity index (χ0n) is 9.59. The Labute approximate surface area is 100 Å².